The predicted molar refractivity (Wildman–Crippen MR) is 114 cm³/mol. The van der Waals surface area contributed by atoms with E-state index in [1.807, 2.05) is 0 Å². The SMILES string of the molecule is COc1cc(NC(=O)C2=C(C)Nc3ncnn3[C@H]2c2ccc(F)cc2)c(OC)cc1Cl. The summed E-state index contributed by atoms with van der Waals surface area (Å²) in [5.41, 5.74) is 2.05. The molecule has 1 aromatic heterocycles. The van der Waals surface area contributed by atoms with E-state index < -0.39 is 11.9 Å². The normalized spacial score (nSPS) is 15.2. The van der Waals surface area contributed by atoms with Gasteiger partial charge in [-0.25, -0.2) is 9.07 Å². The van der Waals surface area contributed by atoms with Crippen LogP contribution < -0.4 is 20.1 Å². The molecule has 1 aliphatic heterocycles. The van der Waals surface area contributed by atoms with Crippen LogP contribution in [0.2, 0.25) is 5.02 Å². The second-order valence-corrected chi connectivity index (χ2v) is 7.19. The average molecular weight is 444 g/mol. The van der Waals surface area contributed by atoms with Crippen LogP contribution in [-0.4, -0.2) is 34.9 Å². The van der Waals surface area contributed by atoms with E-state index in [-0.39, 0.29) is 5.82 Å². The van der Waals surface area contributed by atoms with Gasteiger partial charge in [-0.15, -0.1) is 0 Å². The van der Waals surface area contributed by atoms with E-state index in [1.165, 1.54) is 32.7 Å². The molecule has 0 spiro atoms. The fourth-order valence-electron chi connectivity index (χ4n) is 3.49. The van der Waals surface area contributed by atoms with Crippen LogP contribution in [-0.2, 0) is 4.79 Å². The Balaban J connectivity index is 1.76. The van der Waals surface area contributed by atoms with Gasteiger partial charge in [-0.3, -0.25) is 4.79 Å². The minimum atomic E-state index is -0.612. The summed E-state index contributed by atoms with van der Waals surface area (Å²) in [6.45, 7) is 1.77. The first kappa shape index (κ1) is 20.7. The van der Waals surface area contributed by atoms with Crippen molar-refractivity contribution in [1.29, 1.82) is 0 Å². The number of benzene rings is 2. The molecule has 0 unspecified atom stereocenters. The Labute approximate surface area is 182 Å². The molecular weight excluding hydrogens is 425 g/mol. The van der Waals surface area contributed by atoms with Crippen molar-refractivity contribution in [1.82, 2.24) is 14.8 Å². The van der Waals surface area contributed by atoms with Crippen molar-refractivity contribution in [3.63, 3.8) is 0 Å². The molecule has 2 N–H and O–H groups in total. The largest absolute Gasteiger partial charge is 0.495 e. The maximum atomic E-state index is 13.5. The maximum Gasteiger partial charge on any atom is 0.255 e. The second-order valence-electron chi connectivity index (χ2n) is 6.79. The molecule has 2 aromatic carbocycles. The van der Waals surface area contributed by atoms with E-state index in [2.05, 4.69) is 20.7 Å². The highest BCUT2D eigenvalue weighted by Crippen LogP contribution is 2.38. The van der Waals surface area contributed by atoms with Crippen LogP contribution in [0.4, 0.5) is 16.0 Å². The van der Waals surface area contributed by atoms with Crippen LogP contribution in [0.5, 0.6) is 11.5 Å². The number of halogens is 2. The standard InChI is InChI=1S/C21H19ClFN5O3/c1-11-18(20(29)27-15-9-16(30-2)14(22)8-17(15)31-3)19(12-4-6-13(23)7-5-12)28-21(26-11)24-10-25-28/h4-10,19H,1-3H3,(H,27,29)(H,24,25,26)/t19-/m0/s1. The second kappa shape index (κ2) is 8.27. The van der Waals surface area contributed by atoms with E-state index in [4.69, 9.17) is 21.1 Å². The first-order valence-corrected chi connectivity index (χ1v) is 9.66. The van der Waals surface area contributed by atoms with Gasteiger partial charge in [0.25, 0.3) is 5.91 Å². The van der Waals surface area contributed by atoms with Crippen molar-refractivity contribution >= 4 is 29.1 Å². The average Bonchev–Trinajstić information content (AvgIpc) is 3.22. The lowest BCUT2D eigenvalue weighted by Gasteiger charge is -2.29. The number of methoxy groups -OCH3 is 2. The molecule has 1 amide bonds. The van der Waals surface area contributed by atoms with Gasteiger partial charge in [0.05, 0.1) is 30.5 Å². The molecule has 0 saturated carbocycles. The number of hydrogen-bond donors (Lipinski definition) is 2. The number of fused-ring (bicyclic) bond motifs is 1. The van der Waals surface area contributed by atoms with E-state index in [0.717, 1.165) is 0 Å². The number of aromatic nitrogens is 3. The Morgan fingerprint density at radius 1 is 1.19 bits per heavy atom. The number of rotatable bonds is 5. The van der Waals surface area contributed by atoms with E-state index >= 15 is 0 Å². The molecule has 31 heavy (non-hydrogen) atoms. The van der Waals surface area contributed by atoms with E-state index in [1.54, 1.807) is 35.9 Å². The van der Waals surface area contributed by atoms with Gasteiger partial charge >= 0.3 is 0 Å². The molecule has 2 heterocycles. The molecule has 1 aliphatic rings. The van der Waals surface area contributed by atoms with Gasteiger partial charge < -0.3 is 20.1 Å². The lowest BCUT2D eigenvalue weighted by atomic mass is 9.95. The highest BCUT2D eigenvalue weighted by atomic mass is 35.5. The lowest BCUT2D eigenvalue weighted by molar-refractivity contribution is -0.113. The number of ether oxygens (including phenoxy) is 2. The topological polar surface area (TPSA) is 90.3 Å². The van der Waals surface area contributed by atoms with E-state index in [0.29, 0.717) is 45.0 Å². The van der Waals surface area contributed by atoms with Gasteiger partial charge in [0.15, 0.2) is 0 Å². The third-order valence-electron chi connectivity index (χ3n) is 4.95. The van der Waals surface area contributed by atoms with Crippen molar-refractivity contribution in [3.05, 3.63) is 70.4 Å². The number of hydrogen-bond acceptors (Lipinski definition) is 6. The quantitative estimate of drug-likeness (QED) is 0.619. The molecule has 3 aromatic rings. The fourth-order valence-corrected chi connectivity index (χ4v) is 3.72. The van der Waals surface area contributed by atoms with E-state index in [9.17, 15) is 9.18 Å². The summed E-state index contributed by atoms with van der Waals surface area (Å²) < 4.78 is 25.7. The summed E-state index contributed by atoms with van der Waals surface area (Å²) in [6.07, 6.45) is 1.39. The molecule has 0 bridgehead atoms. The van der Waals surface area contributed by atoms with Gasteiger partial charge in [-0.05, 0) is 24.6 Å². The van der Waals surface area contributed by atoms with Crippen LogP contribution in [0, 0.1) is 5.82 Å². The Kier molecular flexibility index (Phi) is 5.51. The Bertz CT molecular complexity index is 1180. The third-order valence-corrected chi connectivity index (χ3v) is 5.24. The van der Waals surface area contributed by atoms with Gasteiger partial charge in [-0.1, -0.05) is 23.7 Å². The summed E-state index contributed by atoms with van der Waals surface area (Å²) in [5, 5.41) is 10.6. The number of carbonyl (C=O) groups excluding carboxylic acids is 1. The Morgan fingerprint density at radius 2 is 1.90 bits per heavy atom. The molecule has 0 fully saturated rings. The summed E-state index contributed by atoms with van der Waals surface area (Å²) in [4.78, 5) is 17.6. The van der Waals surface area contributed by atoms with Gasteiger partial charge in [0.1, 0.15) is 29.7 Å². The lowest BCUT2D eigenvalue weighted by Crippen LogP contribution is -2.31. The first-order valence-electron chi connectivity index (χ1n) is 9.28. The van der Waals surface area contributed by atoms with Crippen LogP contribution in [0.3, 0.4) is 0 Å². The molecule has 0 radical (unpaired) electrons. The van der Waals surface area contributed by atoms with Crippen LogP contribution in [0.15, 0.2) is 54.0 Å². The summed E-state index contributed by atoms with van der Waals surface area (Å²) in [7, 11) is 2.96. The fraction of sp³-hybridized carbons (Fsp3) is 0.190. The molecular formula is C21H19ClFN5O3. The Morgan fingerprint density at radius 3 is 2.58 bits per heavy atom. The predicted octanol–water partition coefficient (Wildman–Crippen LogP) is 4.02. The molecule has 160 valence electrons. The smallest absolute Gasteiger partial charge is 0.255 e. The zero-order chi connectivity index (χ0) is 22.1. The highest BCUT2D eigenvalue weighted by Gasteiger charge is 2.33. The van der Waals surface area contributed by atoms with Crippen LogP contribution in [0.25, 0.3) is 0 Å². The molecule has 8 nitrogen and oxygen atoms in total. The van der Waals surface area contributed by atoms with Crippen LogP contribution >= 0.6 is 11.6 Å². The molecule has 4 rings (SSSR count). The minimum absolute atomic E-state index is 0.350. The zero-order valence-electron chi connectivity index (χ0n) is 16.9. The molecule has 10 heteroatoms. The monoisotopic (exact) mass is 443 g/mol. The van der Waals surface area contributed by atoms with Crippen molar-refractivity contribution in [2.45, 2.75) is 13.0 Å². The molecule has 0 saturated heterocycles. The van der Waals surface area contributed by atoms with Crippen molar-refractivity contribution in [3.8, 4) is 11.5 Å². The third kappa shape index (κ3) is 3.79. The number of amides is 1. The van der Waals surface area contributed by atoms with Gasteiger partial charge in [0, 0.05) is 17.8 Å². The number of nitrogens with zero attached hydrogens (tertiary/aromatic N) is 3. The highest BCUT2D eigenvalue weighted by molar-refractivity contribution is 6.32. The molecule has 1 atom stereocenters. The van der Waals surface area contributed by atoms with Crippen molar-refractivity contribution < 1.29 is 18.7 Å². The molecule has 0 aliphatic carbocycles. The summed E-state index contributed by atoms with van der Waals surface area (Å²) in [6, 6.07) is 8.44. The zero-order valence-corrected chi connectivity index (χ0v) is 17.7. The summed E-state index contributed by atoms with van der Waals surface area (Å²) in [5.74, 6) is 0.471. The van der Waals surface area contributed by atoms with Crippen molar-refractivity contribution in [2.75, 3.05) is 24.9 Å². The number of carbonyl (C=O) groups is 1. The summed E-state index contributed by atoms with van der Waals surface area (Å²) >= 11 is 6.16. The first-order chi connectivity index (χ1) is 14.9. The van der Waals surface area contributed by atoms with Crippen LogP contribution in [0.1, 0.15) is 18.5 Å². The minimum Gasteiger partial charge on any atom is -0.495 e. The Hall–Kier alpha value is -3.59. The van der Waals surface area contributed by atoms with Crippen molar-refractivity contribution in [2.24, 2.45) is 0 Å². The maximum absolute atomic E-state index is 13.5. The number of allylic oxidation sites excluding steroid dienone is 1. The number of nitrogens with one attached hydrogen (secondary N) is 2. The van der Waals surface area contributed by atoms with Gasteiger partial charge in [0.2, 0.25) is 5.95 Å². The number of anilines is 2. The van der Waals surface area contributed by atoms with Gasteiger partial charge in [-0.2, -0.15) is 10.1 Å².